The van der Waals surface area contributed by atoms with E-state index in [4.69, 9.17) is 0 Å². The molecule has 1 amide bonds. The second-order valence-corrected chi connectivity index (χ2v) is 6.38. The summed E-state index contributed by atoms with van der Waals surface area (Å²) < 4.78 is 0. The molecule has 0 atom stereocenters. The summed E-state index contributed by atoms with van der Waals surface area (Å²) in [5.41, 5.74) is 2.69. The number of anilines is 2. The van der Waals surface area contributed by atoms with Crippen molar-refractivity contribution in [2.75, 3.05) is 10.6 Å². The van der Waals surface area contributed by atoms with Crippen LogP contribution in [-0.4, -0.2) is 15.9 Å². The van der Waals surface area contributed by atoms with Crippen LogP contribution in [0.3, 0.4) is 0 Å². The van der Waals surface area contributed by atoms with Gasteiger partial charge < -0.3 is 10.6 Å². The maximum absolute atomic E-state index is 13.0. The highest BCUT2D eigenvalue weighted by Gasteiger charge is 2.14. The maximum Gasteiger partial charge on any atom is 0.259 e. The van der Waals surface area contributed by atoms with E-state index < -0.39 is 0 Å². The SMILES string of the molecule is Cl.N#Cc1ccc(NC(=O)c2cccnc2NCc2ccncc2)c2ccccc12. The van der Waals surface area contributed by atoms with Crippen molar-refractivity contribution in [3.05, 3.63) is 95.9 Å². The summed E-state index contributed by atoms with van der Waals surface area (Å²) in [4.78, 5) is 21.3. The van der Waals surface area contributed by atoms with Crippen LogP contribution >= 0.6 is 12.4 Å². The van der Waals surface area contributed by atoms with E-state index in [-0.39, 0.29) is 18.3 Å². The Morgan fingerprint density at radius 3 is 2.47 bits per heavy atom. The largest absolute Gasteiger partial charge is 0.365 e. The first kappa shape index (κ1) is 20.8. The van der Waals surface area contributed by atoms with Crippen molar-refractivity contribution >= 4 is 40.6 Å². The van der Waals surface area contributed by atoms with Crippen molar-refractivity contribution in [2.24, 2.45) is 0 Å². The second kappa shape index (κ2) is 9.50. The average molecular weight is 416 g/mol. The van der Waals surface area contributed by atoms with Crippen molar-refractivity contribution < 1.29 is 4.79 Å². The van der Waals surface area contributed by atoms with E-state index in [1.54, 1.807) is 42.9 Å². The minimum Gasteiger partial charge on any atom is -0.365 e. The zero-order valence-electron chi connectivity index (χ0n) is 15.9. The quantitative estimate of drug-likeness (QED) is 0.489. The van der Waals surface area contributed by atoms with Crippen LogP contribution in [0.1, 0.15) is 21.5 Å². The molecule has 0 aliphatic carbocycles. The van der Waals surface area contributed by atoms with Gasteiger partial charge in [-0.15, -0.1) is 12.4 Å². The third kappa shape index (κ3) is 4.37. The number of nitriles is 1. The van der Waals surface area contributed by atoms with Gasteiger partial charge in [0.05, 0.1) is 17.2 Å². The van der Waals surface area contributed by atoms with Crippen molar-refractivity contribution in [1.29, 1.82) is 5.26 Å². The Morgan fingerprint density at radius 1 is 0.933 bits per heavy atom. The van der Waals surface area contributed by atoms with Gasteiger partial charge in [-0.3, -0.25) is 9.78 Å². The summed E-state index contributed by atoms with van der Waals surface area (Å²) in [6.07, 6.45) is 5.08. The van der Waals surface area contributed by atoms with Crippen LogP contribution in [0.25, 0.3) is 10.8 Å². The molecule has 0 radical (unpaired) electrons. The molecule has 0 aliphatic rings. The van der Waals surface area contributed by atoms with Crippen molar-refractivity contribution in [3.8, 4) is 6.07 Å². The minimum absolute atomic E-state index is 0. The minimum atomic E-state index is -0.273. The number of benzene rings is 2. The Balaban J connectivity index is 0.00000256. The molecule has 2 heterocycles. The molecule has 0 fully saturated rings. The number of amides is 1. The summed E-state index contributed by atoms with van der Waals surface area (Å²) >= 11 is 0. The third-order valence-corrected chi connectivity index (χ3v) is 4.55. The van der Waals surface area contributed by atoms with Crippen LogP contribution in [-0.2, 0) is 6.54 Å². The predicted octanol–water partition coefficient (Wildman–Crippen LogP) is 4.79. The number of rotatable bonds is 5. The molecular formula is C23H18ClN5O. The lowest BCUT2D eigenvalue weighted by Gasteiger charge is -2.13. The molecule has 2 aromatic carbocycles. The molecule has 0 spiro atoms. The number of fused-ring (bicyclic) bond motifs is 1. The highest BCUT2D eigenvalue weighted by atomic mass is 35.5. The van der Waals surface area contributed by atoms with Gasteiger partial charge in [0, 0.05) is 41.6 Å². The summed E-state index contributed by atoms with van der Waals surface area (Å²) in [6.45, 7) is 0.527. The smallest absolute Gasteiger partial charge is 0.259 e. The van der Waals surface area contributed by atoms with Crippen LogP contribution in [0.15, 0.2) is 79.3 Å². The number of hydrogen-bond acceptors (Lipinski definition) is 5. The van der Waals surface area contributed by atoms with Crippen LogP contribution < -0.4 is 10.6 Å². The van der Waals surface area contributed by atoms with Gasteiger partial charge in [-0.1, -0.05) is 24.3 Å². The molecule has 4 aromatic rings. The average Bonchev–Trinajstić information content (AvgIpc) is 2.79. The number of carbonyl (C=O) groups is 1. The van der Waals surface area contributed by atoms with Gasteiger partial charge in [-0.25, -0.2) is 4.98 Å². The molecule has 2 N–H and O–H groups in total. The number of nitrogens with zero attached hydrogens (tertiary/aromatic N) is 3. The van der Waals surface area contributed by atoms with E-state index in [0.717, 1.165) is 16.3 Å². The standard InChI is InChI=1S/C23H17N5O.ClH/c24-14-17-7-8-21(19-5-2-1-4-18(17)19)28-23(29)20-6-3-11-26-22(20)27-15-16-9-12-25-13-10-16;/h1-13H,15H2,(H,26,27)(H,28,29);1H. The lowest BCUT2D eigenvalue weighted by molar-refractivity contribution is 0.102. The fraction of sp³-hybridized carbons (Fsp3) is 0.0435. The van der Waals surface area contributed by atoms with E-state index in [0.29, 0.717) is 29.2 Å². The first-order chi connectivity index (χ1) is 14.3. The van der Waals surface area contributed by atoms with Gasteiger partial charge in [-0.2, -0.15) is 5.26 Å². The monoisotopic (exact) mass is 415 g/mol. The normalized spacial score (nSPS) is 9.97. The molecule has 0 bridgehead atoms. The fourth-order valence-electron chi connectivity index (χ4n) is 3.11. The topological polar surface area (TPSA) is 90.7 Å². The van der Waals surface area contributed by atoms with E-state index in [1.165, 1.54) is 0 Å². The first-order valence-electron chi connectivity index (χ1n) is 9.07. The number of halogens is 1. The van der Waals surface area contributed by atoms with Crippen molar-refractivity contribution in [1.82, 2.24) is 9.97 Å². The highest BCUT2D eigenvalue weighted by Crippen LogP contribution is 2.27. The Kier molecular flexibility index (Phi) is 6.58. The van der Waals surface area contributed by atoms with Crippen molar-refractivity contribution in [2.45, 2.75) is 6.54 Å². The molecule has 2 aromatic heterocycles. The molecule has 0 saturated carbocycles. The zero-order chi connectivity index (χ0) is 20.1. The molecule has 7 heteroatoms. The number of pyridine rings is 2. The van der Waals surface area contributed by atoms with Gasteiger partial charge in [0.2, 0.25) is 0 Å². The Hall–Kier alpha value is -3.95. The molecule has 4 rings (SSSR count). The molecule has 0 aliphatic heterocycles. The van der Waals surface area contributed by atoms with E-state index in [2.05, 4.69) is 26.7 Å². The number of carbonyl (C=O) groups excluding carboxylic acids is 1. The van der Waals surface area contributed by atoms with Crippen molar-refractivity contribution in [3.63, 3.8) is 0 Å². The van der Waals surface area contributed by atoms with Gasteiger partial charge >= 0.3 is 0 Å². The lowest BCUT2D eigenvalue weighted by atomic mass is 10.0. The van der Waals surface area contributed by atoms with Crippen LogP contribution in [0.2, 0.25) is 0 Å². The lowest BCUT2D eigenvalue weighted by Crippen LogP contribution is -2.16. The molecule has 0 unspecified atom stereocenters. The Morgan fingerprint density at radius 2 is 1.70 bits per heavy atom. The second-order valence-electron chi connectivity index (χ2n) is 6.38. The van der Waals surface area contributed by atoms with Crippen LogP contribution in [0.4, 0.5) is 11.5 Å². The van der Waals surface area contributed by atoms with Crippen LogP contribution in [0.5, 0.6) is 0 Å². The fourth-order valence-corrected chi connectivity index (χ4v) is 3.11. The van der Waals surface area contributed by atoms with E-state index in [9.17, 15) is 10.1 Å². The van der Waals surface area contributed by atoms with Gasteiger partial charge in [-0.05, 0) is 42.0 Å². The summed E-state index contributed by atoms with van der Waals surface area (Å²) in [5.74, 6) is 0.227. The van der Waals surface area contributed by atoms with Gasteiger partial charge in [0.15, 0.2) is 0 Å². The maximum atomic E-state index is 13.0. The Labute approximate surface area is 180 Å². The number of aromatic nitrogens is 2. The van der Waals surface area contributed by atoms with Gasteiger partial charge in [0.25, 0.3) is 5.91 Å². The highest BCUT2D eigenvalue weighted by molar-refractivity contribution is 6.11. The zero-order valence-corrected chi connectivity index (χ0v) is 16.7. The Bertz CT molecular complexity index is 1220. The number of nitrogens with one attached hydrogen (secondary N) is 2. The molecular weight excluding hydrogens is 398 g/mol. The molecule has 148 valence electrons. The summed E-state index contributed by atoms with van der Waals surface area (Å²) in [5, 5.41) is 17.1. The third-order valence-electron chi connectivity index (χ3n) is 4.55. The summed E-state index contributed by atoms with van der Waals surface area (Å²) in [7, 11) is 0. The molecule has 6 nitrogen and oxygen atoms in total. The van der Waals surface area contributed by atoms with Gasteiger partial charge in [0.1, 0.15) is 5.82 Å². The van der Waals surface area contributed by atoms with E-state index >= 15 is 0 Å². The molecule has 0 saturated heterocycles. The first-order valence-corrected chi connectivity index (χ1v) is 9.07. The predicted molar refractivity (Wildman–Crippen MR) is 120 cm³/mol. The van der Waals surface area contributed by atoms with Crippen LogP contribution in [0, 0.1) is 11.3 Å². The molecule has 30 heavy (non-hydrogen) atoms. The number of hydrogen-bond donors (Lipinski definition) is 2. The summed E-state index contributed by atoms with van der Waals surface area (Å²) in [6, 6.07) is 20.4. The van der Waals surface area contributed by atoms with E-state index in [1.807, 2.05) is 36.4 Å².